The van der Waals surface area contributed by atoms with E-state index in [-0.39, 0.29) is 12.6 Å². The van der Waals surface area contributed by atoms with E-state index in [4.69, 9.17) is 28.2 Å². The van der Waals surface area contributed by atoms with Gasteiger partial charge in [0.2, 0.25) is 0 Å². The smallest absolute Gasteiger partial charge is 0.319 e. The summed E-state index contributed by atoms with van der Waals surface area (Å²) in [7, 11) is 0. The predicted molar refractivity (Wildman–Crippen MR) is 141 cm³/mol. The van der Waals surface area contributed by atoms with E-state index in [1.54, 1.807) is 29.5 Å². The molecule has 7 nitrogen and oxygen atoms in total. The zero-order chi connectivity index (χ0) is 24.4. The minimum atomic E-state index is -0.379. The molecule has 0 saturated carbocycles. The fraction of sp³-hybridized carbons (Fsp3) is 0.200. The second-order valence-corrected chi connectivity index (χ2v) is 9.91. The second-order valence-electron chi connectivity index (χ2n) is 7.98. The molecule has 0 atom stereocenters. The maximum Gasteiger partial charge on any atom is 0.319 e. The Morgan fingerprint density at radius 3 is 2.60 bits per heavy atom. The number of fused-ring (bicyclic) bond motifs is 3. The zero-order valence-corrected chi connectivity index (χ0v) is 21.2. The number of nitrogens with zero attached hydrogens (tertiary/aromatic N) is 4. The number of halogens is 2. The lowest BCUT2D eigenvalue weighted by molar-refractivity contribution is 0.251. The number of anilines is 1. The van der Waals surface area contributed by atoms with E-state index in [9.17, 15) is 4.79 Å². The van der Waals surface area contributed by atoms with Crippen LogP contribution in [0.1, 0.15) is 41.0 Å². The average molecular weight is 525 g/mol. The van der Waals surface area contributed by atoms with E-state index in [1.165, 1.54) is 4.88 Å². The third-order valence-corrected chi connectivity index (χ3v) is 7.39. The number of hydrogen-bond acceptors (Lipinski definition) is 5. The molecule has 178 valence electrons. The number of aliphatic imine (C=N–C) groups is 1. The van der Waals surface area contributed by atoms with Gasteiger partial charge >= 0.3 is 6.03 Å². The largest absolute Gasteiger partial charge is 0.331 e. The van der Waals surface area contributed by atoms with Crippen LogP contribution in [0.4, 0.5) is 10.5 Å². The zero-order valence-electron chi connectivity index (χ0n) is 18.9. The van der Waals surface area contributed by atoms with Crippen LogP contribution >= 0.6 is 34.5 Å². The number of carbonyl (C=O) groups excluding carboxylic acids is 1. The van der Waals surface area contributed by atoms with E-state index in [0.717, 1.165) is 34.7 Å². The molecule has 35 heavy (non-hydrogen) atoms. The van der Waals surface area contributed by atoms with Crippen LogP contribution in [0.5, 0.6) is 0 Å². The highest BCUT2D eigenvalue weighted by Gasteiger charge is 2.26. The molecule has 2 aromatic carbocycles. The highest BCUT2D eigenvalue weighted by molar-refractivity contribution is 7.15. The van der Waals surface area contributed by atoms with Crippen molar-refractivity contribution in [2.45, 2.75) is 32.9 Å². The average Bonchev–Trinajstić information content (AvgIpc) is 3.41. The molecule has 10 heteroatoms. The number of carbonyl (C=O) groups is 1. The fourth-order valence-electron chi connectivity index (χ4n) is 3.95. The summed E-state index contributed by atoms with van der Waals surface area (Å²) in [6.07, 6.45) is 1.99. The lowest BCUT2D eigenvalue weighted by Gasteiger charge is -2.11. The van der Waals surface area contributed by atoms with Crippen LogP contribution in [-0.4, -0.2) is 26.5 Å². The number of benzene rings is 2. The molecule has 4 aromatic rings. The number of hydrogen-bond donors (Lipinski definition) is 2. The van der Waals surface area contributed by atoms with Gasteiger partial charge in [0, 0.05) is 21.0 Å². The number of para-hydroxylation sites is 1. The Labute approximate surface area is 216 Å². The van der Waals surface area contributed by atoms with Gasteiger partial charge in [0.25, 0.3) is 0 Å². The van der Waals surface area contributed by atoms with Gasteiger partial charge in [-0.15, -0.1) is 21.5 Å². The van der Waals surface area contributed by atoms with Crippen molar-refractivity contribution < 1.29 is 4.79 Å². The Hall–Kier alpha value is -3.20. The molecule has 0 fully saturated rings. The first-order chi connectivity index (χ1) is 17.0. The van der Waals surface area contributed by atoms with E-state index < -0.39 is 0 Å². The van der Waals surface area contributed by atoms with Crippen molar-refractivity contribution in [2.24, 2.45) is 4.99 Å². The maximum absolute atomic E-state index is 12.5. The number of aromatic nitrogens is 3. The standard InChI is InChI=1S/C25H22Cl2N6OS/c1-2-7-15-12-17-23(16-8-3-4-9-18(16)26)28-13-21-31-32-22(33(21)24(17)35-15)14-29-25(34)30-20-11-6-5-10-19(20)27/h3-6,8-12H,2,7,13-14H2,1H3,(H2,29,30,34). The summed E-state index contributed by atoms with van der Waals surface area (Å²) in [5.41, 5.74) is 3.25. The molecular weight excluding hydrogens is 503 g/mol. The van der Waals surface area contributed by atoms with Crippen molar-refractivity contribution >= 4 is 52.0 Å². The summed E-state index contributed by atoms with van der Waals surface area (Å²) in [5, 5.41) is 16.5. The number of aryl methyl sites for hydroxylation is 1. The van der Waals surface area contributed by atoms with Crippen LogP contribution in [0.3, 0.4) is 0 Å². The summed E-state index contributed by atoms with van der Waals surface area (Å²) in [4.78, 5) is 18.7. The van der Waals surface area contributed by atoms with Crippen LogP contribution in [0, 0.1) is 0 Å². The van der Waals surface area contributed by atoms with Crippen LogP contribution in [0.2, 0.25) is 10.0 Å². The number of amides is 2. The second kappa shape index (κ2) is 10.2. The number of nitrogens with one attached hydrogen (secondary N) is 2. The quantitative estimate of drug-likeness (QED) is 0.312. The molecule has 5 rings (SSSR count). The Balaban J connectivity index is 1.46. The van der Waals surface area contributed by atoms with Gasteiger partial charge in [0.1, 0.15) is 11.5 Å². The molecule has 0 bridgehead atoms. The number of rotatable bonds is 6. The predicted octanol–water partition coefficient (Wildman–Crippen LogP) is 6.26. The van der Waals surface area contributed by atoms with Gasteiger partial charge in [-0.1, -0.05) is 66.9 Å². The van der Waals surface area contributed by atoms with Crippen LogP contribution in [0.15, 0.2) is 59.6 Å². The molecule has 0 radical (unpaired) electrons. The van der Waals surface area contributed by atoms with Crippen molar-refractivity contribution in [1.82, 2.24) is 20.1 Å². The topological polar surface area (TPSA) is 84.2 Å². The van der Waals surface area contributed by atoms with Gasteiger partial charge in [-0.3, -0.25) is 9.56 Å². The van der Waals surface area contributed by atoms with Crippen LogP contribution in [0.25, 0.3) is 5.00 Å². The van der Waals surface area contributed by atoms with Gasteiger partial charge in [-0.25, -0.2) is 4.79 Å². The summed E-state index contributed by atoms with van der Waals surface area (Å²) in [6.45, 7) is 2.69. The van der Waals surface area contributed by atoms with Gasteiger partial charge in [-0.05, 0) is 30.7 Å². The molecule has 1 aliphatic rings. The Bertz CT molecular complexity index is 1430. The van der Waals surface area contributed by atoms with Gasteiger partial charge in [0.05, 0.1) is 23.0 Å². The highest BCUT2D eigenvalue weighted by atomic mass is 35.5. The molecule has 0 saturated heterocycles. The van der Waals surface area contributed by atoms with Crippen molar-refractivity contribution in [3.05, 3.63) is 92.3 Å². The summed E-state index contributed by atoms with van der Waals surface area (Å²) < 4.78 is 2.00. The molecule has 2 aromatic heterocycles. The third kappa shape index (κ3) is 4.82. The first kappa shape index (κ1) is 23.5. The molecular formula is C25H22Cl2N6OS. The first-order valence-corrected chi connectivity index (χ1v) is 12.8. The molecule has 0 unspecified atom stereocenters. The van der Waals surface area contributed by atoms with Crippen molar-refractivity contribution in [3.8, 4) is 5.00 Å². The lowest BCUT2D eigenvalue weighted by atomic mass is 10.0. The van der Waals surface area contributed by atoms with E-state index in [1.807, 2.05) is 34.9 Å². The molecule has 0 spiro atoms. The summed E-state index contributed by atoms with van der Waals surface area (Å²) >= 11 is 14.4. The van der Waals surface area contributed by atoms with Crippen molar-refractivity contribution in [1.29, 1.82) is 0 Å². The number of thiophene rings is 1. The number of urea groups is 1. The van der Waals surface area contributed by atoms with Crippen molar-refractivity contribution in [3.63, 3.8) is 0 Å². The summed E-state index contributed by atoms with van der Waals surface area (Å²) in [5.74, 6) is 1.33. The lowest BCUT2D eigenvalue weighted by Crippen LogP contribution is -2.29. The van der Waals surface area contributed by atoms with E-state index >= 15 is 0 Å². The third-order valence-electron chi connectivity index (χ3n) is 5.55. The van der Waals surface area contributed by atoms with Gasteiger partial charge < -0.3 is 10.6 Å². The SMILES string of the molecule is CCCc1cc2c(s1)-n1c(nnc1CNC(=O)Nc1ccccc1Cl)CN=C2c1ccccc1Cl. The maximum atomic E-state index is 12.5. The summed E-state index contributed by atoms with van der Waals surface area (Å²) in [6, 6.07) is 16.6. The monoisotopic (exact) mass is 524 g/mol. The van der Waals surface area contributed by atoms with Gasteiger partial charge in [-0.2, -0.15) is 0 Å². The van der Waals surface area contributed by atoms with Crippen molar-refractivity contribution in [2.75, 3.05) is 5.32 Å². The van der Waals surface area contributed by atoms with E-state index in [2.05, 4.69) is 33.8 Å². The molecule has 0 aliphatic carbocycles. The normalized spacial score (nSPS) is 12.4. The minimum absolute atomic E-state index is 0.186. The molecule has 2 amide bonds. The minimum Gasteiger partial charge on any atom is -0.331 e. The van der Waals surface area contributed by atoms with Crippen LogP contribution in [-0.2, 0) is 19.5 Å². The Morgan fingerprint density at radius 1 is 1.06 bits per heavy atom. The first-order valence-electron chi connectivity index (χ1n) is 11.2. The molecule has 1 aliphatic heterocycles. The fourth-order valence-corrected chi connectivity index (χ4v) is 5.66. The van der Waals surface area contributed by atoms with Crippen LogP contribution < -0.4 is 10.6 Å². The Kier molecular flexibility index (Phi) is 6.86. The van der Waals surface area contributed by atoms with E-state index in [0.29, 0.717) is 33.9 Å². The highest BCUT2D eigenvalue weighted by Crippen LogP contribution is 2.35. The molecule has 3 heterocycles. The Morgan fingerprint density at radius 2 is 1.83 bits per heavy atom. The molecule has 2 N–H and O–H groups in total. The van der Waals surface area contributed by atoms with Gasteiger partial charge in [0.15, 0.2) is 11.6 Å².